The van der Waals surface area contributed by atoms with Crippen LogP contribution in [0.25, 0.3) is 0 Å². The number of hydrogen-bond acceptors (Lipinski definition) is 6. The van der Waals surface area contributed by atoms with Crippen molar-refractivity contribution in [3.8, 4) is 11.9 Å². The van der Waals surface area contributed by atoms with Crippen LogP contribution in [0.3, 0.4) is 0 Å². The molecule has 0 bridgehead atoms. The first-order chi connectivity index (χ1) is 9.96. The molecular formula is C12H12FN3O4S. The van der Waals surface area contributed by atoms with Crippen LogP contribution in [0.15, 0.2) is 35.4 Å². The first-order valence-electron chi connectivity index (χ1n) is 5.69. The molecule has 21 heavy (non-hydrogen) atoms. The quantitative estimate of drug-likeness (QED) is 0.898. The zero-order valence-corrected chi connectivity index (χ0v) is 12.0. The molecular weight excluding hydrogens is 301 g/mol. The van der Waals surface area contributed by atoms with Crippen LogP contribution in [0.1, 0.15) is 0 Å². The Morgan fingerprint density at radius 2 is 1.81 bits per heavy atom. The van der Waals surface area contributed by atoms with Gasteiger partial charge in [0, 0.05) is 0 Å². The normalized spacial score (nSPS) is 11.0. The highest BCUT2D eigenvalue weighted by Gasteiger charge is 2.18. The highest BCUT2D eigenvalue weighted by molar-refractivity contribution is 7.92. The molecule has 0 aliphatic rings. The Kier molecular flexibility index (Phi) is 4.22. The van der Waals surface area contributed by atoms with E-state index >= 15 is 0 Å². The average Bonchev–Trinajstić information content (AvgIpc) is 2.47. The van der Waals surface area contributed by atoms with Crippen molar-refractivity contribution in [2.24, 2.45) is 0 Å². The largest absolute Gasteiger partial charge is 0.479 e. The van der Waals surface area contributed by atoms with Gasteiger partial charge >= 0.3 is 6.01 Å². The number of ether oxygens (including phenoxy) is 2. The molecule has 0 atom stereocenters. The summed E-state index contributed by atoms with van der Waals surface area (Å²) in [7, 11) is -1.20. The molecule has 2 rings (SSSR count). The molecule has 112 valence electrons. The van der Waals surface area contributed by atoms with Crippen molar-refractivity contribution in [1.82, 2.24) is 9.97 Å². The van der Waals surface area contributed by atoms with E-state index in [2.05, 4.69) is 14.7 Å². The number of aromatic nitrogens is 2. The minimum Gasteiger partial charge on any atom is -0.479 e. The summed E-state index contributed by atoms with van der Waals surface area (Å²) in [6, 6.07) is 4.44. The van der Waals surface area contributed by atoms with E-state index in [1.165, 1.54) is 20.4 Å². The van der Waals surface area contributed by atoms with E-state index in [4.69, 9.17) is 9.47 Å². The van der Waals surface area contributed by atoms with Crippen LogP contribution in [-0.2, 0) is 10.0 Å². The Morgan fingerprint density at radius 3 is 2.38 bits per heavy atom. The van der Waals surface area contributed by atoms with Crippen molar-refractivity contribution < 1.29 is 22.3 Å². The van der Waals surface area contributed by atoms with Gasteiger partial charge in [0.15, 0.2) is 0 Å². The SMILES string of the molecule is COc1ncc(NS(=O)(=O)c2ccc(F)cc2)c(OC)n1. The number of methoxy groups -OCH3 is 2. The second-order valence-corrected chi connectivity index (χ2v) is 5.52. The van der Waals surface area contributed by atoms with Crippen molar-refractivity contribution in [1.29, 1.82) is 0 Å². The van der Waals surface area contributed by atoms with Gasteiger partial charge in [0.05, 0.1) is 25.3 Å². The number of nitrogens with one attached hydrogen (secondary N) is 1. The summed E-state index contributed by atoms with van der Waals surface area (Å²) in [5, 5.41) is 0. The number of nitrogens with zero attached hydrogens (tertiary/aromatic N) is 2. The molecule has 0 spiro atoms. The van der Waals surface area contributed by atoms with Gasteiger partial charge in [-0.25, -0.2) is 17.8 Å². The van der Waals surface area contributed by atoms with Gasteiger partial charge in [-0.2, -0.15) is 4.98 Å². The highest BCUT2D eigenvalue weighted by Crippen LogP contribution is 2.25. The van der Waals surface area contributed by atoms with Crippen LogP contribution < -0.4 is 14.2 Å². The number of benzene rings is 1. The lowest BCUT2D eigenvalue weighted by atomic mass is 10.4. The van der Waals surface area contributed by atoms with E-state index in [0.717, 1.165) is 24.3 Å². The molecule has 1 N–H and O–H groups in total. The smallest absolute Gasteiger partial charge is 0.319 e. The molecule has 1 aromatic heterocycles. The van der Waals surface area contributed by atoms with E-state index in [1.807, 2.05) is 0 Å². The van der Waals surface area contributed by atoms with Gasteiger partial charge in [-0.15, -0.1) is 0 Å². The van der Waals surface area contributed by atoms with Crippen LogP contribution in [0, 0.1) is 5.82 Å². The third-order valence-electron chi connectivity index (χ3n) is 2.48. The summed E-state index contributed by atoms with van der Waals surface area (Å²) in [4.78, 5) is 7.56. The van der Waals surface area contributed by atoms with Gasteiger partial charge in [-0.05, 0) is 24.3 Å². The summed E-state index contributed by atoms with van der Waals surface area (Å²) in [5.41, 5.74) is 0.0441. The van der Waals surface area contributed by atoms with E-state index in [0.29, 0.717) is 0 Å². The van der Waals surface area contributed by atoms with Crippen LogP contribution in [-0.4, -0.2) is 32.6 Å². The van der Waals surface area contributed by atoms with Gasteiger partial charge in [0.1, 0.15) is 11.5 Å². The topological polar surface area (TPSA) is 90.4 Å². The van der Waals surface area contributed by atoms with Crippen molar-refractivity contribution in [3.63, 3.8) is 0 Å². The van der Waals surface area contributed by atoms with E-state index < -0.39 is 15.8 Å². The van der Waals surface area contributed by atoms with Crippen LogP contribution in [0.2, 0.25) is 0 Å². The lowest BCUT2D eigenvalue weighted by Gasteiger charge is -2.11. The summed E-state index contributed by atoms with van der Waals surface area (Å²) < 4.78 is 49.2. The Labute approximate surface area is 120 Å². The van der Waals surface area contributed by atoms with Gasteiger partial charge < -0.3 is 9.47 Å². The summed E-state index contributed by atoms with van der Waals surface area (Å²) in [6.45, 7) is 0. The molecule has 0 fully saturated rings. The van der Waals surface area contributed by atoms with E-state index in [-0.39, 0.29) is 22.5 Å². The third kappa shape index (κ3) is 3.37. The second kappa shape index (κ2) is 5.92. The standard InChI is InChI=1S/C12H12FN3O4S/c1-19-11-10(7-14-12(15-11)20-2)16-21(17,18)9-5-3-8(13)4-6-9/h3-7,16H,1-2H3. The summed E-state index contributed by atoms with van der Waals surface area (Å²) in [5.74, 6) is -0.521. The Hall–Kier alpha value is -2.42. The number of rotatable bonds is 5. The molecule has 7 nitrogen and oxygen atoms in total. The molecule has 0 aliphatic heterocycles. The number of halogens is 1. The lowest BCUT2D eigenvalue weighted by Crippen LogP contribution is -2.14. The first-order valence-corrected chi connectivity index (χ1v) is 7.18. The second-order valence-electron chi connectivity index (χ2n) is 3.84. The predicted molar refractivity (Wildman–Crippen MR) is 72.3 cm³/mol. The van der Waals surface area contributed by atoms with Crippen LogP contribution in [0.5, 0.6) is 11.9 Å². The third-order valence-corrected chi connectivity index (χ3v) is 3.86. The van der Waals surface area contributed by atoms with Gasteiger partial charge in [0.2, 0.25) is 5.88 Å². The molecule has 0 unspecified atom stereocenters. The Bertz CT molecular complexity index is 735. The molecule has 0 saturated carbocycles. The fraction of sp³-hybridized carbons (Fsp3) is 0.167. The maximum atomic E-state index is 12.8. The fourth-order valence-electron chi connectivity index (χ4n) is 1.49. The molecule has 1 heterocycles. The number of anilines is 1. The van der Waals surface area contributed by atoms with Gasteiger partial charge in [-0.3, -0.25) is 4.72 Å². The molecule has 0 amide bonds. The van der Waals surface area contributed by atoms with Crippen LogP contribution in [0.4, 0.5) is 10.1 Å². The fourth-order valence-corrected chi connectivity index (χ4v) is 2.53. The molecule has 1 aromatic carbocycles. The number of sulfonamides is 1. The molecule has 0 aliphatic carbocycles. The Balaban J connectivity index is 2.34. The summed E-state index contributed by atoms with van der Waals surface area (Å²) in [6.07, 6.45) is 1.21. The van der Waals surface area contributed by atoms with Crippen molar-refractivity contribution in [2.45, 2.75) is 4.90 Å². The lowest BCUT2D eigenvalue weighted by molar-refractivity contribution is 0.353. The summed E-state index contributed by atoms with van der Waals surface area (Å²) >= 11 is 0. The molecule has 9 heteroatoms. The molecule has 2 aromatic rings. The zero-order valence-electron chi connectivity index (χ0n) is 11.2. The maximum Gasteiger partial charge on any atom is 0.319 e. The van der Waals surface area contributed by atoms with Crippen molar-refractivity contribution >= 4 is 15.7 Å². The van der Waals surface area contributed by atoms with Crippen molar-refractivity contribution in [2.75, 3.05) is 18.9 Å². The van der Waals surface area contributed by atoms with Gasteiger partial charge in [0.25, 0.3) is 10.0 Å². The maximum absolute atomic E-state index is 12.8. The average molecular weight is 313 g/mol. The monoisotopic (exact) mass is 313 g/mol. The zero-order chi connectivity index (χ0) is 15.5. The minimum absolute atomic E-state index is 0.00698. The first kappa shape index (κ1) is 15.0. The minimum atomic E-state index is -3.90. The van der Waals surface area contributed by atoms with E-state index in [1.54, 1.807) is 0 Å². The van der Waals surface area contributed by atoms with Gasteiger partial charge in [-0.1, -0.05) is 0 Å². The molecule has 0 saturated heterocycles. The van der Waals surface area contributed by atoms with Crippen LogP contribution >= 0.6 is 0 Å². The Morgan fingerprint density at radius 1 is 1.14 bits per heavy atom. The molecule has 0 radical (unpaired) electrons. The van der Waals surface area contributed by atoms with Crippen molar-refractivity contribution in [3.05, 3.63) is 36.3 Å². The van der Waals surface area contributed by atoms with E-state index in [9.17, 15) is 12.8 Å². The highest BCUT2D eigenvalue weighted by atomic mass is 32.2. The predicted octanol–water partition coefficient (Wildman–Crippen LogP) is 1.43. The number of hydrogen-bond donors (Lipinski definition) is 1.